The lowest BCUT2D eigenvalue weighted by Crippen LogP contribution is -2.30. The molecule has 6 heteroatoms. The average molecular weight is 465 g/mol. The smallest absolute Gasteiger partial charge is 0.260 e. The zero-order chi connectivity index (χ0) is 24.9. The Labute approximate surface area is 202 Å². The number of amides is 1. The molecule has 1 amide bonds. The molecule has 1 atom stereocenters. The first-order valence-corrected chi connectivity index (χ1v) is 11.8. The molecule has 0 saturated heterocycles. The van der Waals surface area contributed by atoms with Crippen molar-refractivity contribution in [2.45, 2.75) is 65.4 Å². The number of rotatable bonds is 9. The first-order chi connectivity index (χ1) is 16.1. The van der Waals surface area contributed by atoms with E-state index in [1.807, 2.05) is 19.9 Å². The maximum Gasteiger partial charge on any atom is 0.260 e. The second-order valence-electron chi connectivity index (χ2n) is 9.66. The lowest BCUT2D eigenvalue weighted by Gasteiger charge is -2.23. The van der Waals surface area contributed by atoms with Crippen LogP contribution in [0.3, 0.4) is 0 Å². The molecule has 0 radical (unpaired) electrons. The highest BCUT2D eigenvalue weighted by atomic mass is 16.3. The number of nitrogens with zero attached hydrogens (tertiary/aromatic N) is 1. The molecule has 0 aromatic heterocycles. The van der Waals surface area contributed by atoms with Crippen LogP contribution >= 0.6 is 0 Å². The summed E-state index contributed by atoms with van der Waals surface area (Å²) in [6.45, 7) is 8.38. The van der Waals surface area contributed by atoms with Crippen LogP contribution in [0.1, 0.15) is 70.2 Å². The Morgan fingerprint density at radius 2 is 1.85 bits per heavy atom. The third-order valence-electron chi connectivity index (χ3n) is 6.19. The molecular weight excluding hydrogens is 428 g/mol. The molecule has 1 unspecified atom stereocenters. The van der Waals surface area contributed by atoms with Gasteiger partial charge in [0.05, 0.1) is 28.2 Å². The summed E-state index contributed by atoms with van der Waals surface area (Å²) < 4.78 is 0. The molecule has 0 fully saturated rings. The largest absolute Gasteiger partial charge is 0.508 e. The average Bonchev–Trinajstić information content (AvgIpc) is 2.87. The van der Waals surface area contributed by atoms with Crippen LogP contribution in [0.25, 0.3) is 0 Å². The van der Waals surface area contributed by atoms with Gasteiger partial charge in [0.15, 0.2) is 0 Å². The number of hydrogen-bond acceptors (Lipinski definition) is 5. The van der Waals surface area contributed by atoms with E-state index in [-0.39, 0.29) is 17.4 Å². The summed E-state index contributed by atoms with van der Waals surface area (Å²) in [7, 11) is 0. The van der Waals surface area contributed by atoms with Gasteiger partial charge in [-0.3, -0.25) is 4.79 Å². The summed E-state index contributed by atoms with van der Waals surface area (Å²) in [6, 6.07) is 9.65. The molecule has 3 rings (SSSR count). The highest BCUT2D eigenvalue weighted by molar-refractivity contribution is 6.14. The van der Waals surface area contributed by atoms with E-state index >= 15 is 0 Å². The van der Waals surface area contributed by atoms with Crippen LogP contribution in [0.5, 0.6) is 11.5 Å². The number of benzene rings is 2. The van der Waals surface area contributed by atoms with Gasteiger partial charge in [0.1, 0.15) is 11.5 Å². The van der Waals surface area contributed by atoms with E-state index in [0.717, 1.165) is 31.3 Å². The van der Waals surface area contributed by atoms with Gasteiger partial charge in [0, 0.05) is 12.6 Å². The fourth-order valence-electron chi connectivity index (χ4n) is 4.16. The van der Waals surface area contributed by atoms with Gasteiger partial charge in [0.2, 0.25) is 0 Å². The van der Waals surface area contributed by atoms with Crippen molar-refractivity contribution < 1.29 is 20.1 Å². The molecule has 0 spiro atoms. The van der Waals surface area contributed by atoms with Gasteiger partial charge in [-0.05, 0) is 84.1 Å². The Bertz CT molecular complexity index is 1100. The lowest BCUT2D eigenvalue weighted by molar-refractivity contribution is 0.0410. The monoisotopic (exact) mass is 464 g/mol. The fraction of sp³-hybridized carbons (Fsp3) is 0.393. The molecule has 6 nitrogen and oxygen atoms in total. The van der Waals surface area contributed by atoms with Crippen molar-refractivity contribution in [3.8, 4) is 11.5 Å². The third-order valence-corrected chi connectivity index (χ3v) is 6.19. The number of aliphatic hydroxyl groups is 1. The van der Waals surface area contributed by atoms with Crippen molar-refractivity contribution in [2.75, 3.05) is 16.8 Å². The number of aromatic hydroxyl groups is 2. The Morgan fingerprint density at radius 1 is 1.09 bits per heavy atom. The quantitative estimate of drug-likeness (QED) is 0.195. The van der Waals surface area contributed by atoms with Crippen LogP contribution in [0.4, 0.5) is 17.1 Å². The topological polar surface area (TPSA) is 93.0 Å². The number of phenols is 2. The third kappa shape index (κ3) is 6.41. The number of carbonyl (C=O) groups is 1. The number of anilines is 3. The summed E-state index contributed by atoms with van der Waals surface area (Å²) in [4.78, 5) is 15.0. The molecule has 2 aromatic carbocycles. The van der Waals surface area contributed by atoms with Crippen LogP contribution in [0.15, 0.2) is 59.7 Å². The van der Waals surface area contributed by atoms with Crippen molar-refractivity contribution in [3.63, 3.8) is 0 Å². The molecule has 1 aliphatic rings. The summed E-state index contributed by atoms with van der Waals surface area (Å²) in [5.41, 5.74) is 3.60. The minimum atomic E-state index is -0.694. The molecule has 2 aromatic rings. The maximum atomic E-state index is 13.4. The van der Waals surface area contributed by atoms with Gasteiger partial charge in [-0.15, -0.1) is 0 Å². The summed E-state index contributed by atoms with van der Waals surface area (Å²) in [5.74, 6) is -0.200. The summed E-state index contributed by atoms with van der Waals surface area (Å²) >= 11 is 0. The number of fused-ring (bicyclic) bond motifs is 2. The standard InChI is InChI=1S/C28H36N2O4/c1-19(2)8-6-15-28(4,34)16-7-9-20(3)14-17-30-24-18-21(31)12-13-23(24)29-26-22(27(30)33)10-5-11-25(26)32/h5,8,10-14,18,29,31-32,34H,6-7,9,15-17H2,1-4H3/b20-14+. The Balaban J connectivity index is 1.72. The molecule has 1 heterocycles. The number of nitrogens with one attached hydrogen (secondary N) is 1. The summed E-state index contributed by atoms with van der Waals surface area (Å²) in [5, 5.41) is 34.2. The Morgan fingerprint density at radius 3 is 2.59 bits per heavy atom. The van der Waals surface area contributed by atoms with E-state index in [4.69, 9.17) is 0 Å². The molecule has 1 aliphatic heterocycles. The number of phenolic OH excluding ortho intramolecular Hbond substituents is 2. The second-order valence-corrected chi connectivity index (χ2v) is 9.66. The predicted octanol–water partition coefficient (Wildman–Crippen LogP) is 6.42. The normalized spacial score (nSPS) is 15.0. The van der Waals surface area contributed by atoms with E-state index < -0.39 is 5.60 Å². The molecule has 34 heavy (non-hydrogen) atoms. The van der Waals surface area contributed by atoms with E-state index in [0.29, 0.717) is 35.6 Å². The van der Waals surface area contributed by atoms with Gasteiger partial charge < -0.3 is 25.5 Å². The number of allylic oxidation sites excluding steroid dienone is 3. The van der Waals surface area contributed by atoms with Crippen LogP contribution in [-0.4, -0.2) is 33.4 Å². The molecule has 0 aliphatic carbocycles. The van der Waals surface area contributed by atoms with Crippen LogP contribution in [0.2, 0.25) is 0 Å². The van der Waals surface area contributed by atoms with Gasteiger partial charge >= 0.3 is 0 Å². The zero-order valence-corrected chi connectivity index (χ0v) is 20.6. The fourth-order valence-corrected chi connectivity index (χ4v) is 4.16. The zero-order valence-electron chi connectivity index (χ0n) is 20.6. The van der Waals surface area contributed by atoms with E-state index in [9.17, 15) is 20.1 Å². The van der Waals surface area contributed by atoms with Crippen molar-refractivity contribution in [2.24, 2.45) is 0 Å². The first-order valence-electron chi connectivity index (χ1n) is 11.8. The first kappa shape index (κ1) is 25.4. The van der Waals surface area contributed by atoms with E-state index in [2.05, 4.69) is 25.2 Å². The van der Waals surface area contributed by atoms with Crippen molar-refractivity contribution in [3.05, 3.63) is 65.3 Å². The van der Waals surface area contributed by atoms with Crippen molar-refractivity contribution in [1.82, 2.24) is 0 Å². The molecule has 182 valence electrons. The van der Waals surface area contributed by atoms with Gasteiger partial charge in [-0.1, -0.05) is 29.4 Å². The van der Waals surface area contributed by atoms with Crippen molar-refractivity contribution >= 4 is 23.0 Å². The van der Waals surface area contributed by atoms with Crippen LogP contribution < -0.4 is 10.2 Å². The van der Waals surface area contributed by atoms with E-state index in [1.165, 1.54) is 11.6 Å². The van der Waals surface area contributed by atoms with Gasteiger partial charge in [-0.25, -0.2) is 0 Å². The number of carbonyl (C=O) groups excluding carboxylic acids is 1. The molecular formula is C28H36N2O4. The Kier molecular flexibility index (Phi) is 8.05. The van der Waals surface area contributed by atoms with Crippen LogP contribution in [-0.2, 0) is 0 Å². The minimum Gasteiger partial charge on any atom is -0.508 e. The second kappa shape index (κ2) is 10.8. The molecule has 0 saturated carbocycles. The molecule has 0 bridgehead atoms. The lowest BCUT2D eigenvalue weighted by atomic mass is 9.92. The highest BCUT2D eigenvalue weighted by Crippen LogP contribution is 2.41. The highest BCUT2D eigenvalue weighted by Gasteiger charge is 2.28. The molecule has 4 N–H and O–H groups in total. The number of hydrogen-bond donors (Lipinski definition) is 4. The Hall–Kier alpha value is -3.25. The van der Waals surface area contributed by atoms with Gasteiger partial charge in [0.25, 0.3) is 5.91 Å². The predicted molar refractivity (Wildman–Crippen MR) is 138 cm³/mol. The summed E-state index contributed by atoms with van der Waals surface area (Å²) in [6.07, 6.45) is 8.17. The van der Waals surface area contributed by atoms with E-state index in [1.54, 1.807) is 35.2 Å². The van der Waals surface area contributed by atoms with Crippen molar-refractivity contribution in [1.29, 1.82) is 0 Å². The van der Waals surface area contributed by atoms with Gasteiger partial charge in [-0.2, -0.15) is 0 Å². The SMILES string of the molecule is CC(C)=CCCC(C)(O)CCC/C(C)=C/CN1C(=O)c2cccc(O)c2Nc2ccc(O)cc21. The van der Waals surface area contributed by atoms with Crippen LogP contribution in [0, 0.1) is 0 Å². The number of para-hydroxylation sites is 1. The minimum absolute atomic E-state index is 0.00455. The maximum absolute atomic E-state index is 13.4.